The first-order chi connectivity index (χ1) is 11.9. The molecular weight excluding hydrogens is 328 g/mol. The van der Waals surface area contributed by atoms with E-state index in [1.807, 2.05) is 0 Å². The standard InChI is InChI=1S/C16H14N4O5/c21-12-2-1-10(8-19-5-3-13(22)17-15(19)24)11(7-12)9-20-6-4-14(23)18-16(20)25/h1-7,21H,8-9H2,(H,17,22,24)(H,18,23,25). The monoisotopic (exact) mass is 342 g/mol. The zero-order chi connectivity index (χ0) is 18.0. The van der Waals surface area contributed by atoms with Crippen LogP contribution in [-0.2, 0) is 13.1 Å². The molecule has 128 valence electrons. The second-order valence-electron chi connectivity index (χ2n) is 5.43. The van der Waals surface area contributed by atoms with Crippen LogP contribution in [0, 0.1) is 0 Å². The first kappa shape index (κ1) is 16.2. The van der Waals surface area contributed by atoms with Crippen LogP contribution in [0.1, 0.15) is 11.1 Å². The Balaban J connectivity index is 2.00. The molecule has 1 aromatic carbocycles. The number of nitrogens with zero attached hydrogens (tertiary/aromatic N) is 2. The lowest BCUT2D eigenvalue weighted by molar-refractivity contribution is 0.473. The second kappa shape index (κ2) is 6.48. The van der Waals surface area contributed by atoms with Crippen molar-refractivity contribution in [3.63, 3.8) is 0 Å². The number of rotatable bonds is 4. The molecule has 2 heterocycles. The maximum Gasteiger partial charge on any atom is 0.328 e. The average Bonchev–Trinajstić information content (AvgIpc) is 2.55. The summed E-state index contributed by atoms with van der Waals surface area (Å²) in [5.74, 6) is 0.00467. The highest BCUT2D eigenvalue weighted by atomic mass is 16.3. The lowest BCUT2D eigenvalue weighted by Crippen LogP contribution is -2.30. The fraction of sp³-hybridized carbons (Fsp3) is 0.125. The van der Waals surface area contributed by atoms with Crippen LogP contribution >= 0.6 is 0 Å². The normalized spacial score (nSPS) is 10.7. The predicted molar refractivity (Wildman–Crippen MR) is 89.0 cm³/mol. The first-order valence-electron chi connectivity index (χ1n) is 7.33. The molecule has 0 saturated heterocycles. The van der Waals surface area contributed by atoms with Gasteiger partial charge >= 0.3 is 11.4 Å². The summed E-state index contributed by atoms with van der Waals surface area (Å²) < 4.78 is 2.57. The number of phenols is 1. The van der Waals surface area contributed by atoms with Crippen LogP contribution in [-0.4, -0.2) is 24.2 Å². The zero-order valence-corrected chi connectivity index (χ0v) is 12.9. The van der Waals surface area contributed by atoms with Crippen molar-refractivity contribution in [3.8, 4) is 5.75 Å². The number of H-pyrrole nitrogens is 2. The highest BCUT2D eigenvalue weighted by Crippen LogP contribution is 2.18. The van der Waals surface area contributed by atoms with Crippen LogP contribution in [0.5, 0.6) is 5.75 Å². The molecule has 9 heteroatoms. The molecule has 0 aliphatic rings. The molecule has 3 rings (SSSR count). The van der Waals surface area contributed by atoms with E-state index in [0.29, 0.717) is 11.1 Å². The Bertz CT molecular complexity index is 1150. The van der Waals surface area contributed by atoms with E-state index in [1.165, 1.54) is 45.8 Å². The molecule has 0 aliphatic carbocycles. The van der Waals surface area contributed by atoms with Crippen molar-refractivity contribution in [1.82, 2.24) is 19.1 Å². The Morgan fingerprint density at radius 2 is 1.28 bits per heavy atom. The van der Waals surface area contributed by atoms with Crippen LogP contribution in [0.25, 0.3) is 0 Å². The molecule has 0 radical (unpaired) electrons. The number of benzene rings is 1. The van der Waals surface area contributed by atoms with Gasteiger partial charge in [0.25, 0.3) is 11.1 Å². The van der Waals surface area contributed by atoms with Crippen molar-refractivity contribution in [1.29, 1.82) is 0 Å². The Labute approximate surface area is 139 Å². The molecule has 0 amide bonds. The molecule has 9 nitrogen and oxygen atoms in total. The first-order valence-corrected chi connectivity index (χ1v) is 7.33. The lowest BCUT2D eigenvalue weighted by atomic mass is 10.1. The van der Waals surface area contributed by atoms with E-state index in [4.69, 9.17) is 0 Å². The van der Waals surface area contributed by atoms with Gasteiger partial charge in [-0.15, -0.1) is 0 Å². The van der Waals surface area contributed by atoms with Gasteiger partial charge in [0.1, 0.15) is 5.75 Å². The topological polar surface area (TPSA) is 130 Å². The van der Waals surface area contributed by atoms with E-state index in [0.717, 1.165) is 0 Å². The SMILES string of the molecule is O=c1ccn(Cc2ccc(O)cc2Cn2ccc(=O)[nH]c2=O)c(=O)[nH]1. The average molecular weight is 342 g/mol. The van der Waals surface area contributed by atoms with Gasteiger partial charge < -0.3 is 5.11 Å². The maximum absolute atomic E-state index is 11.8. The smallest absolute Gasteiger partial charge is 0.328 e. The van der Waals surface area contributed by atoms with Gasteiger partial charge in [-0.2, -0.15) is 0 Å². The fourth-order valence-electron chi connectivity index (χ4n) is 2.42. The number of aromatic hydroxyl groups is 1. The fourth-order valence-corrected chi connectivity index (χ4v) is 2.42. The third-order valence-corrected chi connectivity index (χ3v) is 3.66. The van der Waals surface area contributed by atoms with Gasteiger partial charge in [-0.25, -0.2) is 9.59 Å². The van der Waals surface area contributed by atoms with Crippen molar-refractivity contribution < 1.29 is 5.11 Å². The van der Waals surface area contributed by atoms with Gasteiger partial charge in [0, 0.05) is 24.5 Å². The Morgan fingerprint density at radius 1 is 0.760 bits per heavy atom. The van der Waals surface area contributed by atoms with Gasteiger partial charge in [0.05, 0.1) is 13.1 Å². The number of aromatic nitrogens is 4. The third kappa shape index (κ3) is 3.66. The van der Waals surface area contributed by atoms with Gasteiger partial charge in [-0.1, -0.05) is 6.07 Å². The predicted octanol–water partition coefficient (Wildman–Crippen LogP) is -0.811. The van der Waals surface area contributed by atoms with Gasteiger partial charge in [-0.3, -0.25) is 28.7 Å². The van der Waals surface area contributed by atoms with Gasteiger partial charge in [-0.05, 0) is 23.3 Å². The summed E-state index contributed by atoms with van der Waals surface area (Å²) in [5, 5.41) is 9.72. The van der Waals surface area contributed by atoms with E-state index in [2.05, 4.69) is 9.97 Å². The molecule has 0 fully saturated rings. The molecule has 0 atom stereocenters. The number of hydrogen-bond donors (Lipinski definition) is 3. The number of aromatic amines is 2. The van der Waals surface area contributed by atoms with E-state index in [-0.39, 0.29) is 18.8 Å². The zero-order valence-electron chi connectivity index (χ0n) is 12.9. The summed E-state index contributed by atoms with van der Waals surface area (Å²) in [6, 6.07) is 7.01. The van der Waals surface area contributed by atoms with Gasteiger partial charge in [0.15, 0.2) is 0 Å². The minimum atomic E-state index is -0.581. The molecule has 0 unspecified atom stereocenters. The van der Waals surface area contributed by atoms with Crippen LogP contribution in [0.3, 0.4) is 0 Å². The van der Waals surface area contributed by atoms with Crippen molar-refractivity contribution in [2.45, 2.75) is 13.1 Å². The summed E-state index contributed by atoms with van der Waals surface area (Å²) in [7, 11) is 0. The molecule has 2 aromatic heterocycles. The van der Waals surface area contributed by atoms with Crippen LogP contribution in [0.2, 0.25) is 0 Å². The van der Waals surface area contributed by atoms with E-state index < -0.39 is 22.5 Å². The van der Waals surface area contributed by atoms with Gasteiger partial charge in [0.2, 0.25) is 0 Å². The van der Waals surface area contributed by atoms with Crippen molar-refractivity contribution in [2.75, 3.05) is 0 Å². The molecular formula is C16H14N4O5. The van der Waals surface area contributed by atoms with Crippen LogP contribution in [0.4, 0.5) is 0 Å². The largest absolute Gasteiger partial charge is 0.508 e. The molecule has 3 N–H and O–H groups in total. The summed E-state index contributed by atoms with van der Waals surface area (Å²) in [5.41, 5.74) is -0.878. The molecule has 25 heavy (non-hydrogen) atoms. The van der Waals surface area contributed by atoms with Crippen molar-refractivity contribution >= 4 is 0 Å². The molecule has 0 aliphatic heterocycles. The molecule has 0 saturated carbocycles. The Kier molecular flexibility index (Phi) is 4.21. The highest BCUT2D eigenvalue weighted by Gasteiger charge is 2.08. The second-order valence-corrected chi connectivity index (χ2v) is 5.43. The minimum Gasteiger partial charge on any atom is -0.508 e. The molecule has 0 bridgehead atoms. The van der Waals surface area contributed by atoms with E-state index in [9.17, 15) is 24.3 Å². The molecule has 3 aromatic rings. The summed E-state index contributed by atoms with van der Waals surface area (Å²) in [4.78, 5) is 50.3. The lowest BCUT2D eigenvalue weighted by Gasteiger charge is -2.12. The maximum atomic E-state index is 11.8. The highest BCUT2D eigenvalue weighted by molar-refractivity contribution is 5.35. The third-order valence-electron chi connectivity index (χ3n) is 3.66. The summed E-state index contributed by atoms with van der Waals surface area (Å²) >= 11 is 0. The quantitative estimate of drug-likeness (QED) is 0.571. The molecule has 0 spiro atoms. The number of phenolic OH excluding ortho intramolecular Hbond substituents is 1. The minimum absolute atomic E-state index is 0.00467. The van der Waals surface area contributed by atoms with E-state index in [1.54, 1.807) is 6.07 Å². The summed E-state index contributed by atoms with van der Waals surface area (Å²) in [6.07, 6.45) is 2.71. The van der Waals surface area contributed by atoms with Crippen molar-refractivity contribution in [3.05, 3.63) is 95.5 Å². The van der Waals surface area contributed by atoms with Crippen LogP contribution in [0.15, 0.2) is 61.9 Å². The van der Waals surface area contributed by atoms with E-state index >= 15 is 0 Å². The Morgan fingerprint density at radius 3 is 1.80 bits per heavy atom. The van der Waals surface area contributed by atoms with Crippen molar-refractivity contribution in [2.24, 2.45) is 0 Å². The summed E-state index contributed by atoms with van der Waals surface area (Å²) in [6.45, 7) is 0.237. The van der Waals surface area contributed by atoms with Crippen LogP contribution < -0.4 is 22.5 Å². The number of nitrogens with one attached hydrogen (secondary N) is 2. The number of hydrogen-bond acceptors (Lipinski definition) is 5. The Hall–Kier alpha value is -3.62.